The summed E-state index contributed by atoms with van der Waals surface area (Å²) in [4.78, 5) is 29.6. The number of thiol groups is 1. The number of carbonyl (C=O) groups is 2. The zero-order valence-corrected chi connectivity index (χ0v) is 17.9. The SMILES string of the molecule is CNC(=O)c1cc(Cl)cc(C)c1NC(=O)c1cc(CS)nn1-c1ncccc1Cl. The molecule has 2 amide bonds. The molecule has 2 aromatic heterocycles. The fraction of sp³-hybridized carbons (Fsp3) is 0.158. The van der Waals surface area contributed by atoms with Crippen LogP contribution in [0.2, 0.25) is 10.0 Å². The van der Waals surface area contributed by atoms with Crippen molar-refractivity contribution in [2.75, 3.05) is 12.4 Å². The highest BCUT2D eigenvalue weighted by molar-refractivity contribution is 7.79. The molecule has 10 heteroatoms. The van der Waals surface area contributed by atoms with Gasteiger partial charge in [-0.25, -0.2) is 9.67 Å². The summed E-state index contributed by atoms with van der Waals surface area (Å²) in [6.45, 7) is 1.75. The first-order valence-electron chi connectivity index (χ1n) is 8.50. The van der Waals surface area contributed by atoms with E-state index in [1.165, 1.54) is 17.8 Å². The summed E-state index contributed by atoms with van der Waals surface area (Å²) in [5, 5.41) is 10.4. The predicted molar refractivity (Wildman–Crippen MR) is 117 cm³/mol. The molecule has 1 aromatic carbocycles. The van der Waals surface area contributed by atoms with Crippen LogP contribution in [0.3, 0.4) is 0 Å². The second-order valence-electron chi connectivity index (χ2n) is 6.08. The third kappa shape index (κ3) is 4.39. The standard InChI is InChI=1S/C19H17Cl2N5O2S/c1-10-6-11(20)7-13(18(27)22-2)16(10)24-19(28)15-8-12(9-29)25-26(15)17-14(21)4-3-5-23-17/h3-8,29H,9H2,1-2H3,(H,22,27)(H,24,28). The second kappa shape index (κ2) is 8.86. The molecule has 0 radical (unpaired) electrons. The Kier molecular flexibility index (Phi) is 6.46. The third-order valence-corrected chi connectivity index (χ3v) is 4.94. The fourth-order valence-corrected chi connectivity index (χ4v) is 3.39. The van der Waals surface area contributed by atoms with Crippen LogP contribution in [0.15, 0.2) is 36.5 Å². The molecule has 0 aliphatic carbocycles. The third-order valence-electron chi connectivity index (χ3n) is 4.10. The van der Waals surface area contributed by atoms with Crippen molar-refractivity contribution in [1.82, 2.24) is 20.1 Å². The summed E-state index contributed by atoms with van der Waals surface area (Å²) < 4.78 is 1.36. The van der Waals surface area contributed by atoms with E-state index in [-0.39, 0.29) is 17.2 Å². The van der Waals surface area contributed by atoms with Crippen LogP contribution < -0.4 is 10.6 Å². The number of nitrogens with one attached hydrogen (secondary N) is 2. The predicted octanol–water partition coefficient (Wildman–Crippen LogP) is 3.92. The molecule has 2 heterocycles. The van der Waals surface area contributed by atoms with E-state index in [2.05, 4.69) is 33.3 Å². The van der Waals surface area contributed by atoms with Gasteiger partial charge >= 0.3 is 0 Å². The van der Waals surface area contributed by atoms with E-state index in [0.29, 0.717) is 38.6 Å². The molecule has 0 aliphatic rings. The lowest BCUT2D eigenvalue weighted by Crippen LogP contribution is -2.23. The van der Waals surface area contributed by atoms with Crippen molar-refractivity contribution in [2.45, 2.75) is 12.7 Å². The van der Waals surface area contributed by atoms with Crippen LogP contribution in [0.5, 0.6) is 0 Å². The fourth-order valence-electron chi connectivity index (χ4n) is 2.76. The first-order valence-corrected chi connectivity index (χ1v) is 9.88. The Hall–Kier alpha value is -2.55. The molecule has 3 rings (SSSR count). The van der Waals surface area contributed by atoms with Crippen molar-refractivity contribution in [3.8, 4) is 5.82 Å². The number of hydrogen-bond acceptors (Lipinski definition) is 5. The van der Waals surface area contributed by atoms with Crippen molar-refractivity contribution < 1.29 is 9.59 Å². The van der Waals surface area contributed by atoms with Gasteiger partial charge in [-0.05, 0) is 42.8 Å². The maximum absolute atomic E-state index is 13.1. The molecular weight excluding hydrogens is 433 g/mol. The van der Waals surface area contributed by atoms with E-state index in [1.807, 2.05) is 0 Å². The summed E-state index contributed by atoms with van der Waals surface area (Å²) in [7, 11) is 1.50. The number of aryl methyl sites for hydroxylation is 1. The largest absolute Gasteiger partial charge is 0.355 e. The van der Waals surface area contributed by atoms with Gasteiger partial charge in [-0.2, -0.15) is 17.7 Å². The number of hydrogen-bond donors (Lipinski definition) is 3. The number of halogens is 2. The Morgan fingerprint density at radius 2 is 1.97 bits per heavy atom. The lowest BCUT2D eigenvalue weighted by Gasteiger charge is -2.14. The number of aromatic nitrogens is 3. The van der Waals surface area contributed by atoms with Crippen molar-refractivity contribution in [3.05, 3.63) is 69.1 Å². The molecule has 150 valence electrons. The molecule has 3 aromatic rings. The molecule has 2 N–H and O–H groups in total. The molecule has 0 atom stereocenters. The highest BCUT2D eigenvalue weighted by Gasteiger charge is 2.22. The Balaban J connectivity index is 2.07. The second-order valence-corrected chi connectivity index (χ2v) is 7.24. The van der Waals surface area contributed by atoms with Gasteiger partial charge in [0.1, 0.15) is 5.69 Å². The first-order chi connectivity index (χ1) is 13.8. The van der Waals surface area contributed by atoms with Gasteiger partial charge in [-0.1, -0.05) is 23.2 Å². The minimum atomic E-state index is -0.483. The number of carbonyl (C=O) groups excluding carboxylic acids is 2. The number of pyridine rings is 1. The molecule has 0 fully saturated rings. The van der Waals surface area contributed by atoms with Crippen LogP contribution in [0.25, 0.3) is 5.82 Å². The number of nitrogens with zero attached hydrogens (tertiary/aromatic N) is 3. The number of benzene rings is 1. The van der Waals surface area contributed by atoms with Crippen LogP contribution >= 0.6 is 35.8 Å². The Morgan fingerprint density at radius 1 is 1.21 bits per heavy atom. The monoisotopic (exact) mass is 449 g/mol. The Labute approximate surface area is 182 Å². The van der Waals surface area contributed by atoms with Crippen molar-refractivity contribution in [3.63, 3.8) is 0 Å². The van der Waals surface area contributed by atoms with Gasteiger partial charge in [0.15, 0.2) is 5.82 Å². The molecule has 0 unspecified atom stereocenters. The molecule has 0 saturated heterocycles. The summed E-state index contributed by atoms with van der Waals surface area (Å²) in [6.07, 6.45) is 1.55. The van der Waals surface area contributed by atoms with Gasteiger partial charge < -0.3 is 10.6 Å². The summed E-state index contributed by atoms with van der Waals surface area (Å²) in [5.74, 6) is -0.223. The van der Waals surface area contributed by atoms with Crippen LogP contribution in [0.1, 0.15) is 32.1 Å². The highest BCUT2D eigenvalue weighted by Crippen LogP contribution is 2.27. The normalized spacial score (nSPS) is 10.7. The van der Waals surface area contributed by atoms with Crippen molar-refractivity contribution in [1.29, 1.82) is 0 Å². The number of amides is 2. The van der Waals surface area contributed by atoms with Gasteiger partial charge in [-0.15, -0.1) is 0 Å². The maximum atomic E-state index is 13.1. The Morgan fingerprint density at radius 3 is 2.62 bits per heavy atom. The van der Waals surface area contributed by atoms with E-state index >= 15 is 0 Å². The zero-order chi connectivity index (χ0) is 21.1. The lowest BCUT2D eigenvalue weighted by atomic mass is 10.1. The van der Waals surface area contributed by atoms with Crippen LogP contribution in [-0.2, 0) is 5.75 Å². The number of anilines is 1. The van der Waals surface area contributed by atoms with E-state index in [9.17, 15) is 9.59 Å². The molecule has 7 nitrogen and oxygen atoms in total. The van der Waals surface area contributed by atoms with E-state index in [4.69, 9.17) is 23.2 Å². The van der Waals surface area contributed by atoms with Crippen molar-refractivity contribution in [2.24, 2.45) is 0 Å². The maximum Gasteiger partial charge on any atom is 0.274 e. The van der Waals surface area contributed by atoms with Gasteiger partial charge in [0.05, 0.1) is 22.0 Å². The van der Waals surface area contributed by atoms with E-state index in [0.717, 1.165) is 0 Å². The molecule has 0 spiro atoms. The van der Waals surface area contributed by atoms with Crippen LogP contribution in [-0.4, -0.2) is 33.6 Å². The summed E-state index contributed by atoms with van der Waals surface area (Å²) >= 11 is 16.5. The average molecular weight is 450 g/mol. The minimum absolute atomic E-state index is 0.201. The molecule has 0 saturated carbocycles. The lowest BCUT2D eigenvalue weighted by molar-refractivity contribution is 0.0964. The number of rotatable bonds is 5. The summed E-state index contributed by atoms with van der Waals surface area (Å²) in [6, 6.07) is 8.09. The minimum Gasteiger partial charge on any atom is -0.355 e. The van der Waals surface area contributed by atoms with Gasteiger partial charge in [0.25, 0.3) is 11.8 Å². The van der Waals surface area contributed by atoms with Gasteiger partial charge in [0, 0.05) is 24.0 Å². The molecular formula is C19H17Cl2N5O2S. The van der Waals surface area contributed by atoms with E-state index in [1.54, 1.807) is 37.4 Å². The van der Waals surface area contributed by atoms with E-state index < -0.39 is 5.91 Å². The summed E-state index contributed by atoms with van der Waals surface area (Å²) in [5.41, 5.74) is 2.01. The topological polar surface area (TPSA) is 88.9 Å². The molecule has 29 heavy (non-hydrogen) atoms. The van der Waals surface area contributed by atoms with Crippen molar-refractivity contribution >= 4 is 53.3 Å². The zero-order valence-electron chi connectivity index (χ0n) is 15.5. The van der Waals surface area contributed by atoms with Gasteiger partial charge in [0.2, 0.25) is 0 Å². The molecule has 0 bridgehead atoms. The van der Waals surface area contributed by atoms with Crippen LogP contribution in [0, 0.1) is 6.92 Å². The quantitative estimate of drug-likeness (QED) is 0.514. The smallest absolute Gasteiger partial charge is 0.274 e. The molecule has 0 aliphatic heterocycles. The Bertz CT molecular complexity index is 1100. The highest BCUT2D eigenvalue weighted by atomic mass is 35.5. The first kappa shape index (κ1) is 21.2. The van der Waals surface area contributed by atoms with Gasteiger partial charge in [-0.3, -0.25) is 9.59 Å². The van der Waals surface area contributed by atoms with Crippen LogP contribution in [0.4, 0.5) is 5.69 Å². The average Bonchev–Trinajstić information content (AvgIpc) is 3.13.